The average Bonchev–Trinajstić information content (AvgIpc) is 3.23. The molecule has 128 valence electrons. The van der Waals surface area contributed by atoms with Crippen molar-refractivity contribution in [3.63, 3.8) is 0 Å². The maximum Gasteiger partial charge on any atom is 0.277 e. The smallest absolute Gasteiger partial charge is 0.277 e. The zero-order chi connectivity index (χ0) is 18.1. The van der Waals surface area contributed by atoms with Gasteiger partial charge in [0, 0.05) is 11.9 Å². The van der Waals surface area contributed by atoms with Gasteiger partial charge in [0.2, 0.25) is 0 Å². The third-order valence-corrected chi connectivity index (χ3v) is 4.92. The Bertz CT molecular complexity index is 1130. The van der Waals surface area contributed by atoms with E-state index in [0.717, 1.165) is 22.6 Å². The number of hydrogen-bond acceptors (Lipinski definition) is 6. The number of hydrogen-bond donors (Lipinski definition) is 0. The summed E-state index contributed by atoms with van der Waals surface area (Å²) in [6.45, 7) is 1.89. The molecule has 0 spiro atoms. The second-order valence-electron chi connectivity index (χ2n) is 5.59. The molecule has 0 aliphatic carbocycles. The van der Waals surface area contributed by atoms with E-state index in [9.17, 15) is 0 Å². The lowest BCUT2D eigenvalue weighted by atomic mass is 10.2. The fourth-order valence-corrected chi connectivity index (χ4v) is 3.46. The summed E-state index contributed by atoms with van der Waals surface area (Å²) in [5, 5.41) is 18.2. The molecular weight excluding hydrogens is 370 g/mol. The molecule has 0 aliphatic rings. The van der Waals surface area contributed by atoms with Crippen molar-refractivity contribution in [1.29, 1.82) is 5.26 Å². The minimum atomic E-state index is 0.402. The number of fused-ring (bicyclic) bond motifs is 1. The van der Waals surface area contributed by atoms with E-state index in [-0.39, 0.29) is 0 Å². The summed E-state index contributed by atoms with van der Waals surface area (Å²) in [6.07, 6.45) is 1.78. The molecule has 0 saturated heterocycles. The zero-order valence-electron chi connectivity index (χ0n) is 13.7. The Balaban J connectivity index is 1.57. The predicted octanol–water partition coefficient (Wildman–Crippen LogP) is 4.51. The third-order valence-electron chi connectivity index (χ3n) is 3.81. The summed E-state index contributed by atoms with van der Waals surface area (Å²) in [5.74, 6) is 1.07. The average molecular weight is 382 g/mol. The SMILES string of the molecule is Cc1nc2ccc(Cl)cn2c1-c1nnc(SCc2ccc(C#N)cc2)o1. The Hall–Kier alpha value is -2.82. The van der Waals surface area contributed by atoms with Gasteiger partial charge in [0.15, 0.2) is 0 Å². The second kappa shape index (κ2) is 6.83. The number of nitrogens with zero attached hydrogens (tertiary/aromatic N) is 5. The van der Waals surface area contributed by atoms with Crippen LogP contribution in [0.3, 0.4) is 0 Å². The van der Waals surface area contributed by atoms with E-state index in [0.29, 0.717) is 27.5 Å². The van der Waals surface area contributed by atoms with Gasteiger partial charge in [-0.15, -0.1) is 10.2 Å². The molecule has 0 radical (unpaired) electrons. The first-order valence-corrected chi connectivity index (χ1v) is 9.10. The molecule has 26 heavy (non-hydrogen) atoms. The van der Waals surface area contributed by atoms with Crippen LogP contribution >= 0.6 is 23.4 Å². The van der Waals surface area contributed by atoms with Crippen LogP contribution in [0.2, 0.25) is 5.02 Å². The van der Waals surface area contributed by atoms with Crippen molar-refractivity contribution in [2.75, 3.05) is 0 Å². The summed E-state index contributed by atoms with van der Waals surface area (Å²) in [4.78, 5) is 4.49. The van der Waals surface area contributed by atoms with E-state index in [4.69, 9.17) is 21.3 Å². The highest BCUT2D eigenvalue weighted by Gasteiger charge is 2.17. The van der Waals surface area contributed by atoms with Crippen molar-refractivity contribution in [1.82, 2.24) is 19.6 Å². The molecule has 0 unspecified atom stereocenters. The quantitative estimate of drug-likeness (QED) is 0.484. The lowest BCUT2D eigenvalue weighted by molar-refractivity contribution is 0.464. The zero-order valence-corrected chi connectivity index (χ0v) is 15.3. The van der Waals surface area contributed by atoms with Gasteiger partial charge in [-0.25, -0.2) is 4.98 Å². The molecule has 0 N–H and O–H groups in total. The molecule has 3 aromatic heterocycles. The maximum atomic E-state index is 8.84. The predicted molar refractivity (Wildman–Crippen MR) is 98.9 cm³/mol. The van der Waals surface area contributed by atoms with Crippen molar-refractivity contribution in [3.8, 4) is 17.7 Å². The molecule has 4 rings (SSSR count). The van der Waals surface area contributed by atoms with Gasteiger partial charge in [0.05, 0.1) is 22.3 Å². The minimum Gasteiger partial charge on any atom is -0.410 e. The van der Waals surface area contributed by atoms with Gasteiger partial charge < -0.3 is 4.42 Å². The van der Waals surface area contributed by atoms with Crippen LogP contribution in [0.15, 0.2) is 52.2 Å². The number of imidazole rings is 1. The van der Waals surface area contributed by atoms with Crippen LogP contribution in [-0.2, 0) is 5.75 Å². The van der Waals surface area contributed by atoms with E-state index in [1.165, 1.54) is 11.8 Å². The molecule has 0 atom stereocenters. The Kier molecular flexibility index (Phi) is 4.37. The fourth-order valence-electron chi connectivity index (χ4n) is 2.58. The number of aromatic nitrogens is 4. The molecule has 0 fully saturated rings. The normalized spacial score (nSPS) is 11.0. The summed E-state index contributed by atoms with van der Waals surface area (Å²) >= 11 is 7.53. The van der Waals surface area contributed by atoms with Crippen LogP contribution in [0, 0.1) is 18.3 Å². The number of thioether (sulfide) groups is 1. The van der Waals surface area contributed by atoms with Gasteiger partial charge in [0.1, 0.15) is 11.3 Å². The molecule has 1 aromatic carbocycles. The molecule has 4 aromatic rings. The molecule has 6 nitrogen and oxygen atoms in total. The van der Waals surface area contributed by atoms with Crippen LogP contribution in [0.5, 0.6) is 0 Å². The summed E-state index contributed by atoms with van der Waals surface area (Å²) in [7, 11) is 0. The van der Waals surface area contributed by atoms with Crippen LogP contribution in [-0.4, -0.2) is 19.6 Å². The summed E-state index contributed by atoms with van der Waals surface area (Å²) < 4.78 is 7.66. The van der Waals surface area contributed by atoms with E-state index in [1.54, 1.807) is 24.4 Å². The Labute approximate surface area is 158 Å². The van der Waals surface area contributed by atoms with E-state index in [1.807, 2.05) is 29.5 Å². The molecule has 0 amide bonds. The number of aryl methyl sites for hydroxylation is 1. The van der Waals surface area contributed by atoms with Gasteiger partial charge >= 0.3 is 0 Å². The van der Waals surface area contributed by atoms with E-state index >= 15 is 0 Å². The monoisotopic (exact) mass is 381 g/mol. The van der Waals surface area contributed by atoms with Gasteiger partial charge in [0.25, 0.3) is 11.1 Å². The van der Waals surface area contributed by atoms with Crippen LogP contribution in [0.1, 0.15) is 16.8 Å². The first kappa shape index (κ1) is 16.6. The number of benzene rings is 1. The third kappa shape index (κ3) is 3.17. The molecule has 0 aliphatic heterocycles. The molecule has 0 saturated carbocycles. The first-order chi connectivity index (χ1) is 12.6. The molecule has 3 heterocycles. The first-order valence-electron chi connectivity index (χ1n) is 7.74. The fraction of sp³-hybridized carbons (Fsp3) is 0.111. The molecule has 0 bridgehead atoms. The summed E-state index contributed by atoms with van der Waals surface area (Å²) in [6, 6.07) is 13.2. The lowest BCUT2D eigenvalue weighted by Crippen LogP contribution is -1.89. The molecule has 8 heteroatoms. The van der Waals surface area contributed by atoms with Crippen molar-refractivity contribution in [2.24, 2.45) is 0 Å². The Morgan fingerprint density at radius 3 is 2.77 bits per heavy atom. The number of halogens is 1. The maximum absolute atomic E-state index is 8.84. The van der Waals surface area contributed by atoms with Crippen molar-refractivity contribution >= 4 is 29.0 Å². The van der Waals surface area contributed by atoms with Crippen LogP contribution in [0.4, 0.5) is 0 Å². The lowest BCUT2D eigenvalue weighted by Gasteiger charge is -1.99. The summed E-state index contributed by atoms with van der Waals surface area (Å²) in [5.41, 5.74) is 4.01. The highest BCUT2D eigenvalue weighted by molar-refractivity contribution is 7.98. The van der Waals surface area contributed by atoms with Gasteiger partial charge in [-0.3, -0.25) is 4.40 Å². The number of rotatable bonds is 4. The van der Waals surface area contributed by atoms with Gasteiger partial charge in [-0.2, -0.15) is 5.26 Å². The van der Waals surface area contributed by atoms with Crippen molar-refractivity contribution in [3.05, 3.63) is 64.4 Å². The van der Waals surface area contributed by atoms with Crippen molar-refractivity contribution < 1.29 is 4.42 Å². The number of nitriles is 1. The van der Waals surface area contributed by atoms with Crippen LogP contribution in [0.25, 0.3) is 17.2 Å². The highest BCUT2D eigenvalue weighted by Crippen LogP contribution is 2.29. The standard InChI is InChI=1S/C18H12ClN5OS/c1-11-16(24-9-14(19)6-7-15(24)21-11)17-22-23-18(25-17)26-10-13-4-2-12(8-20)3-5-13/h2-7,9H,10H2,1H3. The van der Waals surface area contributed by atoms with Crippen molar-refractivity contribution in [2.45, 2.75) is 17.9 Å². The van der Waals surface area contributed by atoms with Gasteiger partial charge in [-0.05, 0) is 36.8 Å². The Morgan fingerprint density at radius 1 is 1.19 bits per heavy atom. The highest BCUT2D eigenvalue weighted by atomic mass is 35.5. The Morgan fingerprint density at radius 2 is 2.00 bits per heavy atom. The van der Waals surface area contributed by atoms with Gasteiger partial charge in [-0.1, -0.05) is 35.5 Å². The van der Waals surface area contributed by atoms with E-state index in [2.05, 4.69) is 21.3 Å². The number of pyridine rings is 1. The largest absolute Gasteiger partial charge is 0.410 e. The second-order valence-corrected chi connectivity index (χ2v) is 6.95. The molecular formula is C18H12ClN5OS. The van der Waals surface area contributed by atoms with E-state index < -0.39 is 0 Å². The topological polar surface area (TPSA) is 80.0 Å². The minimum absolute atomic E-state index is 0.402. The van der Waals surface area contributed by atoms with Crippen LogP contribution < -0.4 is 0 Å².